The number of benzene rings is 2. The largest absolute Gasteiger partial charge is 0.478 e. The van der Waals surface area contributed by atoms with Crippen molar-refractivity contribution in [2.45, 2.75) is 148 Å². The summed E-state index contributed by atoms with van der Waals surface area (Å²) < 4.78 is 63.6. The highest BCUT2D eigenvalue weighted by atomic mass is 19.3. The summed E-state index contributed by atoms with van der Waals surface area (Å²) in [6, 6.07) is 10.5. The molecule has 2 aromatic carbocycles. The van der Waals surface area contributed by atoms with Crippen LogP contribution in [0.4, 0.5) is 17.6 Å². The molecule has 2 saturated carbocycles. The quantitative estimate of drug-likeness (QED) is 0.139. The predicted molar refractivity (Wildman–Crippen MR) is 223 cm³/mol. The predicted octanol–water partition coefficient (Wildman–Crippen LogP) is 10.4. The lowest BCUT2D eigenvalue weighted by atomic mass is 9.86. The van der Waals surface area contributed by atoms with Crippen molar-refractivity contribution in [1.82, 2.24) is 24.0 Å². The van der Waals surface area contributed by atoms with Gasteiger partial charge in [-0.3, -0.25) is 9.59 Å². The Hall–Kier alpha value is -4.49. The third-order valence-electron chi connectivity index (χ3n) is 12.2. The summed E-state index contributed by atoms with van der Waals surface area (Å²) in [6.07, 6.45) is 3.28. The molecule has 14 heteroatoms. The normalized spacial score (nSPS) is 20.2. The Kier molecular flexibility index (Phi) is 13.1. The Labute approximate surface area is 350 Å². The number of carbonyl (C=O) groups excluding carboxylic acids is 2. The number of hydrogen-bond acceptors (Lipinski definition) is 6. The molecule has 1 amide bonds. The molecule has 328 valence electrons. The van der Waals surface area contributed by atoms with E-state index in [4.69, 9.17) is 9.72 Å². The Bertz CT molecular complexity index is 2180. The molecule has 1 N–H and O–H groups in total. The van der Waals surface area contributed by atoms with Gasteiger partial charge >= 0.3 is 11.9 Å². The summed E-state index contributed by atoms with van der Waals surface area (Å²) in [5, 5.41) is 9.18. The van der Waals surface area contributed by atoms with Crippen molar-refractivity contribution < 1.29 is 41.8 Å². The number of carboxylic acids is 1. The number of rotatable bonds is 8. The number of esters is 1. The minimum Gasteiger partial charge on any atom is -0.478 e. The van der Waals surface area contributed by atoms with Gasteiger partial charge in [-0.2, -0.15) is 0 Å². The lowest BCUT2D eigenvalue weighted by Crippen LogP contribution is -2.42. The fourth-order valence-electron chi connectivity index (χ4n) is 8.92. The number of fused-ring (bicyclic) bond motifs is 2. The molecule has 10 nitrogen and oxygen atoms in total. The maximum atomic E-state index is 13.7. The van der Waals surface area contributed by atoms with Crippen molar-refractivity contribution in [2.24, 2.45) is 17.8 Å². The van der Waals surface area contributed by atoms with Crippen LogP contribution in [-0.2, 0) is 33.5 Å². The van der Waals surface area contributed by atoms with Crippen molar-refractivity contribution in [2.75, 3.05) is 19.7 Å². The van der Waals surface area contributed by atoms with E-state index in [9.17, 15) is 37.1 Å². The van der Waals surface area contributed by atoms with Crippen LogP contribution in [0.1, 0.15) is 145 Å². The van der Waals surface area contributed by atoms with E-state index in [2.05, 4.69) is 55.7 Å². The highest BCUT2D eigenvalue weighted by molar-refractivity contribution is 5.98. The molecule has 60 heavy (non-hydrogen) atoms. The molecule has 0 bridgehead atoms. The second-order valence-electron chi connectivity index (χ2n) is 19.2. The van der Waals surface area contributed by atoms with Crippen molar-refractivity contribution in [1.29, 1.82) is 0 Å². The number of amides is 1. The number of carbonyl (C=O) groups is 3. The fourth-order valence-corrected chi connectivity index (χ4v) is 8.92. The third kappa shape index (κ3) is 10.5. The van der Waals surface area contributed by atoms with Crippen molar-refractivity contribution in [3.63, 3.8) is 0 Å². The van der Waals surface area contributed by atoms with Crippen LogP contribution in [0.2, 0.25) is 0 Å². The number of carboxylic acid groups (broad SMARTS) is 1. The zero-order chi connectivity index (χ0) is 43.8. The average molecular weight is 840 g/mol. The number of piperidine rings is 1. The number of halogens is 4. The van der Waals surface area contributed by atoms with Gasteiger partial charge in [-0.1, -0.05) is 41.5 Å². The number of aromatic carboxylic acids is 1. The summed E-state index contributed by atoms with van der Waals surface area (Å²) in [4.78, 5) is 48.0. The van der Waals surface area contributed by atoms with E-state index in [1.807, 2.05) is 18.2 Å². The van der Waals surface area contributed by atoms with Gasteiger partial charge in [0.15, 0.2) is 0 Å². The van der Waals surface area contributed by atoms with Gasteiger partial charge in [0, 0.05) is 68.3 Å². The summed E-state index contributed by atoms with van der Waals surface area (Å²) >= 11 is 0. The molecule has 2 aliphatic carbocycles. The Morgan fingerprint density at radius 3 is 1.62 bits per heavy atom. The molecule has 1 aliphatic heterocycles. The van der Waals surface area contributed by atoms with Gasteiger partial charge in [-0.15, -0.1) is 0 Å². The lowest BCUT2D eigenvalue weighted by molar-refractivity contribution is -0.149. The molecular formula is C46H61F4N5O5. The van der Waals surface area contributed by atoms with Gasteiger partial charge in [-0.05, 0) is 93.7 Å². The Balaban J connectivity index is 0.000000213. The SMILES string of the molecule is CC(C)(C)c1nc2cc(C(=O)O)ccc2n1CC1CCC(F)(F)CC1.CCOC(=O)C1CCCN(C(=O)c2ccc3c(c2)nc(C(C)(C)C)n3CC2CCC(F)(F)CC2)C1. The topological polar surface area (TPSA) is 120 Å². The number of hydrogen-bond donors (Lipinski definition) is 1. The minimum absolute atomic E-state index is 0.0572. The van der Waals surface area contributed by atoms with E-state index >= 15 is 0 Å². The molecule has 3 aliphatic rings. The van der Waals surface area contributed by atoms with Crippen LogP contribution in [0.25, 0.3) is 22.1 Å². The van der Waals surface area contributed by atoms with Gasteiger partial charge in [0.05, 0.1) is 40.2 Å². The first-order chi connectivity index (χ1) is 28.0. The van der Waals surface area contributed by atoms with E-state index in [1.54, 1.807) is 30.0 Å². The molecule has 4 aromatic rings. The molecule has 0 spiro atoms. The summed E-state index contributed by atoms with van der Waals surface area (Å²) in [5.74, 6) is -4.56. The van der Waals surface area contributed by atoms with E-state index < -0.39 is 17.8 Å². The Morgan fingerprint density at radius 2 is 1.18 bits per heavy atom. The van der Waals surface area contributed by atoms with Crippen LogP contribution in [0, 0.1) is 17.8 Å². The molecule has 1 atom stereocenters. The third-order valence-corrected chi connectivity index (χ3v) is 12.2. The first-order valence-corrected chi connectivity index (χ1v) is 21.5. The number of alkyl halides is 4. The second-order valence-corrected chi connectivity index (χ2v) is 19.2. The van der Waals surface area contributed by atoms with Gasteiger partial charge in [0.25, 0.3) is 5.91 Å². The molecule has 2 aromatic heterocycles. The smallest absolute Gasteiger partial charge is 0.335 e. The van der Waals surface area contributed by atoms with Crippen LogP contribution >= 0.6 is 0 Å². The van der Waals surface area contributed by atoms with Gasteiger partial charge in [0.1, 0.15) is 11.6 Å². The maximum absolute atomic E-state index is 13.7. The fraction of sp³-hybridized carbons (Fsp3) is 0.630. The van der Waals surface area contributed by atoms with Crippen molar-refractivity contribution in [3.8, 4) is 0 Å². The first kappa shape index (κ1) is 45.0. The molecule has 7 rings (SSSR count). The van der Waals surface area contributed by atoms with Crippen molar-refractivity contribution in [3.05, 3.63) is 59.2 Å². The molecular weight excluding hydrogens is 779 g/mol. The van der Waals surface area contributed by atoms with E-state index in [-0.39, 0.29) is 71.7 Å². The summed E-state index contributed by atoms with van der Waals surface area (Å²) in [7, 11) is 0. The maximum Gasteiger partial charge on any atom is 0.335 e. The number of aromatic nitrogens is 4. The van der Waals surface area contributed by atoms with E-state index in [0.29, 0.717) is 69.5 Å². The molecule has 0 radical (unpaired) electrons. The molecule has 1 saturated heterocycles. The van der Waals surface area contributed by atoms with E-state index in [1.165, 1.54) is 0 Å². The van der Waals surface area contributed by atoms with Gasteiger partial charge < -0.3 is 23.9 Å². The van der Waals surface area contributed by atoms with E-state index in [0.717, 1.165) is 41.0 Å². The van der Waals surface area contributed by atoms with Gasteiger partial charge in [0.2, 0.25) is 11.8 Å². The van der Waals surface area contributed by atoms with Crippen molar-refractivity contribution >= 4 is 39.9 Å². The highest BCUT2D eigenvalue weighted by Gasteiger charge is 2.37. The zero-order valence-electron chi connectivity index (χ0n) is 36.1. The van der Waals surface area contributed by atoms with Crippen LogP contribution in [-0.4, -0.2) is 78.5 Å². The number of imidazole rings is 2. The standard InChI is InChI=1S/C27H37F2N3O3.C19H24F2N2O2/c1-5-35-24(34)20-7-6-14-31(17-20)23(33)19-8-9-22-21(15-19)30-25(26(2,3)4)32(22)16-18-10-12-27(28,29)13-11-18;1-18(2,3)17-22-14-10-13(16(24)25)4-5-15(14)23(17)11-12-6-8-19(20,21)9-7-12/h8-9,15,18,20H,5-7,10-14,16-17H2,1-4H3;4-5,10,12H,6-9,11H2,1-3H3,(H,24,25). The number of nitrogens with zero attached hydrogens (tertiary/aromatic N) is 5. The summed E-state index contributed by atoms with van der Waals surface area (Å²) in [6.45, 7) is 16.8. The molecule has 3 fully saturated rings. The Morgan fingerprint density at radius 1 is 0.733 bits per heavy atom. The minimum atomic E-state index is -2.55. The molecule has 1 unspecified atom stereocenters. The average Bonchev–Trinajstić information content (AvgIpc) is 3.74. The number of ether oxygens (including phenoxy) is 1. The lowest BCUT2D eigenvalue weighted by Gasteiger charge is -2.31. The highest BCUT2D eigenvalue weighted by Crippen LogP contribution is 2.40. The van der Waals surface area contributed by atoms with Gasteiger partial charge in [-0.25, -0.2) is 32.3 Å². The monoisotopic (exact) mass is 839 g/mol. The van der Waals surface area contributed by atoms with Crippen LogP contribution < -0.4 is 0 Å². The second kappa shape index (κ2) is 17.5. The van der Waals surface area contributed by atoms with Crippen LogP contribution in [0.5, 0.6) is 0 Å². The molecule has 3 heterocycles. The summed E-state index contributed by atoms with van der Waals surface area (Å²) in [5.41, 5.74) is 3.47. The zero-order valence-corrected chi connectivity index (χ0v) is 36.1. The number of likely N-dealkylation sites (tertiary alicyclic amines) is 1. The first-order valence-electron chi connectivity index (χ1n) is 21.5. The van der Waals surface area contributed by atoms with Crippen LogP contribution in [0.15, 0.2) is 36.4 Å². The van der Waals surface area contributed by atoms with Crippen LogP contribution in [0.3, 0.4) is 0 Å².